The summed E-state index contributed by atoms with van der Waals surface area (Å²) in [5.41, 5.74) is 4.22. The molecule has 0 aliphatic carbocycles. The van der Waals surface area contributed by atoms with Gasteiger partial charge in [-0.05, 0) is 49.7 Å². The fraction of sp³-hybridized carbons (Fsp3) is 0.409. The molecule has 0 fully saturated rings. The Balaban J connectivity index is 1.86. The summed E-state index contributed by atoms with van der Waals surface area (Å²) in [7, 11) is -0.120. The maximum Gasteiger partial charge on any atom is 0.215 e. The van der Waals surface area contributed by atoms with E-state index >= 15 is 0 Å². The standard InChI is InChI=1S/C22H33N5O2S/c1-5-27(21-11-6-8-18(2)14-21)13-12-25-22(23-3)26-16-19-9-7-10-20(15-19)17-30(28,29)24-4/h6-11,14-15,24H,5,12-13,16-17H2,1-4H3,(H2,23,25,26). The largest absolute Gasteiger partial charge is 0.370 e. The van der Waals surface area contributed by atoms with E-state index in [1.54, 1.807) is 7.05 Å². The molecule has 0 amide bonds. The fourth-order valence-corrected chi connectivity index (χ4v) is 3.89. The van der Waals surface area contributed by atoms with Crippen molar-refractivity contribution in [2.24, 2.45) is 4.99 Å². The van der Waals surface area contributed by atoms with E-state index in [2.05, 4.69) is 63.4 Å². The molecule has 0 aliphatic rings. The first-order chi connectivity index (χ1) is 14.4. The molecule has 0 saturated heterocycles. The third-order valence-corrected chi connectivity index (χ3v) is 6.10. The molecule has 7 nitrogen and oxygen atoms in total. The van der Waals surface area contributed by atoms with Crippen LogP contribution in [0.2, 0.25) is 0 Å². The van der Waals surface area contributed by atoms with Crippen molar-refractivity contribution in [2.45, 2.75) is 26.1 Å². The average Bonchev–Trinajstić information content (AvgIpc) is 2.73. The van der Waals surface area contributed by atoms with Crippen molar-refractivity contribution in [1.82, 2.24) is 15.4 Å². The summed E-state index contributed by atoms with van der Waals surface area (Å²) >= 11 is 0. The summed E-state index contributed by atoms with van der Waals surface area (Å²) in [5.74, 6) is 0.680. The minimum Gasteiger partial charge on any atom is -0.370 e. The molecule has 0 heterocycles. The third kappa shape index (κ3) is 7.68. The van der Waals surface area contributed by atoms with Gasteiger partial charge in [0.2, 0.25) is 10.0 Å². The van der Waals surface area contributed by atoms with E-state index in [0.29, 0.717) is 12.5 Å². The number of aliphatic imine (C=N–C) groups is 1. The molecule has 164 valence electrons. The van der Waals surface area contributed by atoms with Gasteiger partial charge in [0, 0.05) is 38.9 Å². The van der Waals surface area contributed by atoms with Crippen molar-refractivity contribution in [3.8, 4) is 0 Å². The summed E-state index contributed by atoms with van der Waals surface area (Å²) in [6.07, 6.45) is 0. The summed E-state index contributed by atoms with van der Waals surface area (Å²) < 4.78 is 25.8. The number of aryl methyl sites for hydroxylation is 1. The lowest BCUT2D eigenvalue weighted by molar-refractivity contribution is 0.587. The van der Waals surface area contributed by atoms with Crippen LogP contribution >= 0.6 is 0 Å². The number of sulfonamides is 1. The first-order valence-corrected chi connectivity index (χ1v) is 11.8. The van der Waals surface area contributed by atoms with Gasteiger partial charge in [0.15, 0.2) is 5.96 Å². The minimum absolute atomic E-state index is 0.0316. The van der Waals surface area contributed by atoms with Crippen molar-refractivity contribution < 1.29 is 8.42 Å². The van der Waals surface area contributed by atoms with E-state index in [4.69, 9.17) is 0 Å². The molecule has 8 heteroatoms. The molecule has 0 saturated carbocycles. The lowest BCUT2D eigenvalue weighted by Gasteiger charge is -2.24. The zero-order valence-corrected chi connectivity index (χ0v) is 19.1. The average molecular weight is 432 g/mol. The van der Waals surface area contributed by atoms with Crippen molar-refractivity contribution in [3.05, 3.63) is 65.2 Å². The van der Waals surface area contributed by atoms with Crippen molar-refractivity contribution in [1.29, 1.82) is 0 Å². The number of hydrogen-bond acceptors (Lipinski definition) is 4. The van der Waals surface area contributed by atoms with Crippen LogP contribution in [0, 0.1) is 6.92 Å². The maximum atomic E-state index is 11.8. The summed E-state index contributed by atoms with van der Waals surface area (Å²) in [6, 6.07) is 16.0. The third-order valence-electron chi connectivity index (χ3n) is 4.77. The molecule has 2 rings (SSSR count). The molecule has 2 aromatic carbocycles. The van der Waals surface area contributed by atoms with E-state index in [-0.39, 0.29) is 5.75 Å². The predicted molar refractivity (Wildman–Crippen MR) is 125 cm³/mol. The van der Waals surface area contributed by atoms with Gasteiger partial charge in [0.1, 0.15) is 0 Å². The Morgan fingerprint density at radius 1 is 1.07 bits per heavy atom. The van der Waals surface area contributed by atoms with Gasteiger partial charge < -0.3 is 15.5 Å². The monoisotopic (exact) mass is 431 g/mol. The topological polar surface area (TPSA) is 85.8 Å². The highest BCUT2D eigenvalue weighted by molar-refractivity contribution is 7.88. The Morgan fingerprint density at radius 2 is 1.80 bits per heavy atom. The number of rotatable bonds is 10. The Kier molecular flexibility index (Phi) is 9.14. The second-order valence-electron chi connectivity index (χ2n) is 7.05. The number of hydrogen-bond donors (Lipinski definition) is 3. The van der Waals surface area contributed by atoms with Crippen LogP contribution in [0.3, 0.4) is 0 Å². The van der Waals surface area contributed by atoms with Gasteiger partial charge in [0.25, 0.3) is 0 Å². The van der Waals surface area contributed by atoms with Crippen LogP contribution in [0.15, 0.2) is 53.5 Å². The Labute approximate surface area is 180 Å². The van der Waals surface area contributed by atoms with Crippen LogP contribution in [0.4, 0.5) is 5.69 Å². The van der Waals surface area contributed by atoms with Gasteiger partial charge in [-0.1, -0.05) is 36.4 Å². The molecule has 30 heavy (non-hydrogen) atoms. The lowest BCUT2D eigenvalue weighted by Crippen LogP contribution is -2.41. The number of likely N-dealkylation sites (N-methyl/N-ethyl adjacent to an activating group) is 1. The summed E-state index contributed by atoms with van der Waals surface area (Å²) in [6.45, 7) is 7.35. The molecule has 3 N–H and O–H groups in total. The minimum atomic E-state index is -3.28. The van der Waals surface area contributed by atoms with E-state index in [9.17, 15) is 8.42 Å². The lowest BCUT2D eigenvalue weighted by atomic mass is 10.1. The first kappa shape index (κ1) is 23.7. The number of benzene rings is 2. The van der Waals surface area contributed by atoms with E-state index in [1.165, 1.54) is 18.3 Å². The van der Waals surface area contributed by atoms with Crippen LogP contribution in [-0.4, -0.2) is 48.1 Å². The molecular weight excluding hydrogens is 398 g/mol. The predicted octanol–water partition coefficient (Wildman–Crippen LogP) is 2.24. The Morgan fingerprint density at radius 3 is 2.47 bits per heavy atom. The van der Waals surface area contributed by atoms with Gasteiger partial charge in [0.05, 0.1) is 5.75 Å². The highest BCUT2D eigenvalue weighted by Crippen LogP contribution is 2.15. The van der Waals surface area contributed by atoms with Gasteiger partial charge in [-0.25, -0.2) is 13.1 Å². The van der Waals surface area contributed by atoms with Crippen LogP contribution in [0.5, 0.6) is 0 Å². The molecule has 0 atom stereocenters. The Hall–Kier alpha value is -2.58. The second-order valence-corrected chi connectivity index (χ2v) is 8.98. The highest BCUT2D eigenvalue weighted by atomic mass is 32.2. The van der Waals surface area contributed by atoms with E-state index < -0.39 is 10.0 Å². The first-order valence-electron chi connectivity index (χ1n) is 10.1. The highest BCUT2D eigenvalue weighted by Gasteiger charge is 2.09. The number of guanidine groups is 1. The van der Waals surface area contributed by atoms with Crippen LogP contribution in [0.1, 0.15) is 23.6 Å². The van der Waals surface area contributed by atoms with E-state index in [0.717, 1.165) is 30.8 Å². The van der Waals surface area contributed by atoms with Crippen molar-refractivity contribution in [3.63, 3.8) is 0 Å². The van der Waals surface area contributed by atoms with Gasteiger partial charge in [-0.3, -0.25) is 4.99 Å². The Bertz CT molecular complexity index is 944. The SMILES string of the molecule is CCN(CCNC(=NC)NCc1cccc(CS(=O)(=O)NC)c1)c1cccc(C)c1. The molecule has 0 radical (unpaired) electrons. The quantitative estimate of drug-likeness (QED) is 0.397. The zero-order chi connectivity index (χ0) is 22.0. The normalized spacial score (nSPS) is 11.9. The number of nitrogens with one attached hydrogen (secondary N) is 3. The summed E-state index contributed by atoms with van der Waals surface area (Å²) in [4.78, 5) is 6.60. The van der Waals surface area contributed by atoms with Gasteiger partial charge in [-0.2, -0.15) is 0 Å². The van der Waals surface area contributed by atoms with E-state index in [1.807, 2.05) is 24.3 Å². The zero-order valence-electron chi connectivity index (χ0n) is 18.3. The van der Waals surface area contributed by atoms with Gasteiger partial charge in [-0.15, -0.1) is 0 Å². The molecule has 2 aromatic rings. The van der Waals surface area contributed by atoms with Crippen molar-refractivity contribution >= 4 is 21.7 Å². The van der Waals surface area contributed by atoms with Crippen molar-refractivity contribution in [2.75, 3.05) is 38.6 Å². The van der Waals surface area contributed by atoms with Crippen LogP contribution < -0.4 is 20.3 Å². The van der Waals surface area contributed by atoms with Crippen LogP contribution in [0.25, 0.3) is 0 Å². The maximum absolute atomic E-state index is 11.8. The molecule has 0 spiro atoms. The molecule has 0 aliphatic heterocycles. The fourth-order valence-electron chi connectivity index (χ4n) is 3.13. The summed E-state index contributed by atoms with van der Waals surface area (Å²) in [5, 5.41) is 6.63. The van der Waals surface area contributed by atoms with Gasteiger partial charge >= 0.3 is 0 Å². The number of nitrogens with zero attached hydrogens (tertiary/aromatic N) is 2. The molecule has 0 aromatic heterocycles. The van der Waals surface area contributed by atoms with Crippen LogP contribution in [-0.2, 0) is 22.3 Å². The molecule has 0 unspecified atom stereocenters. The molecule has 0 bridgehead atoms. The second kappa shape index (κ2) is 11.6. The smallest absolute Gasteiger partial charge is 0.215 e. The number of anilines is 1. The molecular formula is C22H33N5O2S.